The quantitative estimate of drug-likeness (QED) is 0.723. The van der Waals surface area contributed by atoms with Gasteiger partial charge in [0.2, 0.25) is 5.91 Å². The molecule has 1 heterocycles. The number of Topliss-reactive ketones (excluding diaryl/α,β-unsaturated/α-hetero) is 1. The molecule has 0 radical (unpaired) electrons. The van der Waals surface area contributed by atoms with Gasteiger partial charge in [-0.3, -0.25) is 9.59 Å². The molecule has 1 unspecified atom stereocenters. The Bertz CT molecular complexity index is 654. The van der Waals surface area contributed by atoms with Crippen molar-refractivity contribution in [3.8, 4) is 5.75 Å². The lowest BCUT2D eigenvalue weighted by molar-refractivity contribution is -0.147. The number of aliphatic carboxylic acids is 1. The Hall–Kier alpha value is -2.48. The topological polar surface area (TPSA) is 102 Å². The second-order valence-corrected chi connectivity index (χ2v) is 5.51. The summed E-state index contributed by atoms with van der Waals surface area (Å²) >= 11 is 0. The molecule has 1 aromatic carbocycles. The highest BCUT2D eigenvalue weighted by molar-refractivity contribution is 5.98. The average Bonchev–Trinajstić information content (AvgIpc) is 3.02. The van der Waals surface area contributed by atoms with Crippen molar-refractivity contribution in [2.45, 2.75) is 24.8 Å². The molecule has 130 valence electrons. The summed E-state index contributed by atoms with van der Waals surface area (Å²) in [4.78, 5) is 35.3. The van der Waals surface area contributed by atoms with E-state index in [1.165, 1.54) is 19.2 Å². The standard InChI is InChI=1S/C16H18FNO6/c1-23-13-4-2-10(8-11(13)17)12(19)3-5-14(20)18-16(15(21)22)6-7-24-9-16/h2,4,8H,3,5-7,9H2,1H3,(H,18,20)(H,21,22). The van der Waals surface area contributed by atoms with Crippen LogP contribution in [-0.2, 0) is 14.3 Å². The third kappa shape index (κ3) is 3.88. The minimum absolute atomic E-state index is 0.0222. The molecule has 24 heavy (non-hydrogen) atoms. The van der Waals surface area contributed by atoms with Gasteiger partial charge in [0.15, 0.2) is 22.9 Å². The van der Waals surface area contributed by atoms with Crippen molar-refractivity contribution in [1.82, 2.24) is 5.32 Å². The van der Waals surface area contributed by atoms with Crippen molar-refractivity contribution in [1.29, 1.82) is 0 Å². The molecule has 8 heteroatoms. The Kier molecular flexibility index (Phi) is 5.50. The number of methoxy groups -OCH3 is 1. The summed E-state index contributed by atoms with van der Waals surface area (Å²) in [7, 11) is 1.31. The molecular formula is C16H18FNO6. The zero-order chi connectivity index (χ0) is 17.7. The summed E-state index contributed by atoms with van der Waals surface area (Å²) in [5.41, 5.74) is -1.31. The number of carbonyl (C=O) groups is 3. The summed E-state index contributed by atoms with van der Waals surface area (Å²) in [5.74, 6) is -2.80. The Morgan fingerprint density at radius 2 is 2.12 bits per heavy atom. The number of nitrogens with one attached hydrogen (secondary N) is 1. The third-order valence-corrected chi connectivity index (χ3v) is 3.86. The van der Waals surface area contributed by atoms with Gasteiger partial charge in [-0.15, -0.1) is 0 Å². The highest BCUT2D eigenvalue weighted by Crippen LogP contribution is 2.20. The summed E-state index contributed by atoms with van der Waals surface area (Å²) in [6, 6.07) is 3.78. The van der Waals surface area contributed by atoms with Crippen LogP contribution in [0.25, 0.3) is 0 Å². The van der Waals surface area contributed by atoms with Crippen molar-refractivity contribution in [3.63, 3.8) is 0 Å². The summed E-state index contributed by atoms with van der Waals surface area (Å²) in [6.45, 7) is 0.141. The summed E-state index contributed by atoms with van der Waals surface area (Å²) < 4.78 is 23.4. The maximum atomic E-state index is 13.6. The van der Waals surface area contributed by atoms with E-state index in [1.807, 2.05) is 0 Å². The van der Waals surface area contributed by atoms with Crippen LogP contribution in [0, 0.1) is 5.82 Å². The molecule has 1 aliphatic heterocycles. The second kappa shape index (κ2) is 7.39. The molecular weight excluding hydrogens is 321 g/mol. The first-order chi connectivity index (χ1) is 11.4. The molecule has 1 aromatic rings. The molecule has 0 saturated carbocycles. The number of amides is 1. The van der Waals surface area contributed by atoms with Crippen molar-refractivity contribution >= 4 is 17.7 Å². The van der Waals surface area contributed by atoms with Gasteiger partial charge in [0, 0.05) is 31.4 Å². The molecule has 0 bridgehead atoms. The van der Waals surface area contributed by atoms with Gasteiger partial charge in [-0.1, -0.05) is 0 Å². The predicted molar refractivity (Wildman–Crippen MR) is 80.5 cm³/mol. The van der Waals surface area contributed by atoms with Gasteiger partial charge in [-0.25, -0.2) is 9.18 Å². The molecule has 0 aromatic heterocycles. The van der Waals surface area contributed by atoms with Crippen molar-refractivity contribution in [3.05, 3.63) is 29.6 Å². The van der Waals surface area contributed by atoms with E-state index in [1.54, 1.807) is 0 Å². The van der Waals surface area contributed by atoms with Crippen molar-refractivity contribution in [2.75, 3.05) is 20.3 Å². The lowest BCUT2D eigenvalue weighted by atomic mass is 9.98. The molecule has 1 atom stereocenters. The van der Waals surface area contributed by atoms with Gasteiger partial charge in [-0.2, -0.15) is 0 Å². The number of hydrogen-bond acceptors (Lipinski definition) is 5. The van der Waals surface area contributed by atoms with Crippen LogP contribution in [-0.4, -0.2) is 48.6 Å². The SMILES string of the molecule is COc1ccc(C(=O)CCC(=O)NC2(C(=O)O)CCOC2)cc1F. The number of hydrogen-bond donors (Lipinski definition) is 2. The Morgan fingerprint density at radius 3 is 2.67 bits per heavy atom. The van der Waals surface area contributed by atoms with E-state index in [-0.39, 0.29) is 43.8 Å². The molecule has 0 spiro atoms. The smallest absolute Gasteiger partial charge is 0.331 e. The van der Waals surface area contributed by atoms with Crippen molar-refractivity contribution < 1.29 is 33.4 Å². The number of benzene rings is 1. The van der Waals surface area contributed by atoms with Gasteiger partial charge in [-0.05, 0) is 18.2 Å². The Morgan fingerprint density at radius 1 is 1.38 bits per heavy atom. The van der Waals surface area contributed by atoms with Crippen LogP contribution >= 0.6 is 0 Å². The van der Waals surface area contributed by atoms with Crippen LogP contribution in [0.2, 0.25) is 0 Å². The number of rotatable bonds is 7. The first-order valence-corrected chi connectivity index (χ1v) is 7.37. The van der Waals surface area contributed by atoms with Gasteiger partial charge in [0.05, 0.1) is 13.7 Å². The Labute approximate surface area is 137 Å². The zero-order valence-corrected chi connectivity index (χ0v) is 13.1. The van der Waals surface area contributed by atoms with Gasteiger partial charge >= 0.3 is 5.97 Å². The van der Waals surface area contributed by atoms with E-state index < -0.39 is 29.0 Å². The zero-order valence-electron chi connectivity index (χ0n) is 13.1. The van der Waals surface area contributed by atoms with E-state index >= 15 is 0 Å². The number of carboxylic acids is 1. The van der Waals surface area contributed by atoms with Gasteiger partial charge in [0.1, 0.15) is 0 Å². The monoisotopic (exact) mass is 339 g/mol. The van der Waals surface area contributed by atoms with E-state index in [9.17, 15) is 23.9 Å². The van der Waals surface area contributed by atoms with Crippen LogP contribution < -0.4 is 10.1 Å². The molecule has 2 N–H and O–H groups in total. The highest BCUT2D eigenvalue weighted by atomic mass is 19.1. The summed E-state index contributed by atoms with van der Waals surface area (Å²) in [6.07, 6.45) is -0.179. The number of carbonyl (C=O) groups excluding carboxylic acids is 2. The fourth-order valence-electron chi connectivity index (χ4n) is 2.43. The Balaban J connectivity index is 1.92. The minimum atomic E-state index is -1.44. The molecule has 7 nitrogen and oxygen atoms in total. The molecule has 1 fully saturated rings. The molecule has 1 amide bonds. The molecule has 1 saturated heterocycles. The van der Waals surface area contributed by atoms with Crippen LogP contribution in [0.15, 0.2) is 18.2 Å². The number of halogens is 1. The normalized spacial score (nSPS) is 19.8. The van der Waals surface area contributed by atoms with Crippen LogP contribution in [0.4, 0.5) is 4.39 Å². The molecule has 1 aliphatic rings. The second-order valence-electron chi connectivity index (χ2n) is 5.51. The van der Waals surface area contributed by atoms with Gasteiger partial charge in [0.25, 0.3) is 0 Å². The fraction of sp³-hybridized carbons (Fsp3) is 0.438. The van der Waals surface area contributed by atoms with Gasteiger partial charge < -0.3 is 19.9 Å². The predicted octanol–water partition coefficient (Wildman–Crippen LogP) is 1.16. The van der Waals surface area contributed by atoms with Crippen molar-refractivity contribution in [2.24, 2.45) is 0 Å². The van der Waals surface area contributed by atoms with E-state index in [0.717, 1.165) is 6.07 Å². The molecule has 0 aliphatic carbocycles. The number of ether oxygens (including phenoxy) is 2. The van der Waals surface area contributed by atoms with E-state index in [2.05, 4.69) is 5.32 Å². The van der Waals surface area contributed by atoms with Crippen LogP contribution in [0.5, 0.6) is 5.75 Å². The lowest BCUT2D eigenvalue weighted by Crippen LogP contribution is -2.55. The largest absolute Gasteiger partial charge is 0.494 e. The number of carboxylic acid groups (broad SMARTS) is 1. The fourth-order valence-corrected chi connectivity index (χ4v) is 2.43. The van der Waals surface area contributed by atoms with E-state index in [4.69, 9.17) is 9.47 Å². The number of ketones is 1. The highest BCUT2D eigenvalue weighted by Gasteiger charge is 2.43. The van der Waals surface area contributed by atoms with Crippen LogP contribution in [0.3, 0.4) is 0 Å². The summed E-state index contributed by atoms with van der Waals surface area (Å²) in [5, 5.41) is 11.7. The maximum absolute atomic E-state index is 13.6. The van der Waals surface area contributed by atoms with E-state index in [0.29, 0.717) is 0 Å². The molecule has 2 rings (SSSR count). The lowest BCUT2D eigenvalue weighted by Gasteiger charge is -2.23. The maximum Gasteiger partial charge on any atom is 0.331 e. The first kappa shape index (κ1) is 17.9. The average molecular weight is 339 g/mol. The first-order valence-electron chi connectivity index (χ1n) is 7.37. The van der Waals surface area contributed by atoms with Crippen LogP contribution in [0.1, 0.15) is 29.6 Å². The third-order valence-electron chi connectivity index (χ3n) is 3.86. The minimum Gasteiger partial charge on any atom is -0.494 e.